The van der Waals surface area contributed by atoms with Gasteiger partial charge in [-0.05, 0) is 37.5 Å². The van der Waals surface area contributed by atoms with Gasteiger partial charge in [0.1, 0.15) is 0 Å². The molecule has 1 aromatic rings. The summed E-state index contributed by atoms with van der Waals surface area (Å²) in [5.74, 6) is 0. The zero-order chi connectivity index (χ0) is 12.1. The second-order valence-electron chi connectivity index (χ2n) is 4.38. The Morgan fingerprint density at radius 2 is 2.12 bits per heavy atom. The average Bonchev–Trinajstić information content (AvgIpc) is 2.20. The summed E-state index contributed by atoms with van der Waals surface area (Å²) in [7, 11) is 2.08. The van der Waals surface area contributed by atoms with E-state index in [2.05, 4.69) is 31.0 Å². The summed E-state index contributed by atoms with van der Waals surface area (Å²) in [5, 5.41) is 0.817. The quantitative estimate of drug-likeness (QED) is 0.857. The predicted octanol–water partition coefficient (Wildman–Crippen LogP) is 3.08. The van der Waals surface area contributed by atoms with Gasteiger partial charge in [-0.15, -0.1) is 0 Å². The standard InChI is InChI=1S/C13H21ClN2/c1-4-7-16(3)12-6-5-11(8-10(2)15)13(14)9-12/h5-6,9-10H,4,7-8,15H2,1-3H3. The second kappa shape index (κ2) is 6.12. The van der Waals surface area contributed by atoms with Crippen molar-refractivity contribution < 1.29 is 0 Å². The fourth-order valence-electron chi connectivity index (χ4n) is 1.75. The molecule has 1 rings (SSSR count). The van der Waals surface area contributed by atoms with E-state index < -0.39 is 0 Å². The lowest BCUT2D eigenvalue weighted by Crippen LogP contribution is -2.19. The lowest BCUT2D eigenvalue weighted by molar-refractivity contribution is 0.738. The van der Waals surface area contributed by atoms with E-state index in [4.69, 9.17) is 17.3 Å². The van der Waals surface area contributed by atoms with E-state index in [-0.39, 0.29) is 6.04 Å². The average molecular weight is 241 g/mol. The number of rotatable bonds is 5. The lowest BCUT2D eigenvalue weighted by Gasteiger charge is -2.19. The van der Waals surface area contributed by atoms with Crippen molar-refractivity contribution in [2.24, 2.45) is 5.73 Å². The Morgan fingerprint density at radius 1 is 1.44 bits per heavy atom. The van der Waals surface area contributed by atoms with Gasteiger partial charge in [0.15, 0.2) is 0 Å². The Kier molecular flexibility index (Phi) is 5.10. The third-order valence-electron chi connectivity index (χ3n) is 2.58. The molecule has 0 aliphatic rings. The smallest absolute Gasteiger partial charge is 0.0459 e. The highest BCUT2D eigenvalue weighted by atomic mass is 35.5. The Morgan fingerprint density at radius 3 is 2.62 bits per heavy atom. The molecular weight excluding hydrogens is 220 g/mol. The van der Waals surface area contributed by atoms with Gasteiger partial charge in [0.05, 0.1) is 0 Å². The van der Waals surface area contributed by atoms with Gasteiger partial charge in [-0.2, -0.15) is 0 Å². The molecule has 0 spiro atoms. The van der Waals surface area contributed by atoms with E-state index in [9.17, 15) is 0 Å². The van der Waals surface area contributed by atoms with E-state index in [0.29, 0.717) is 0 Å². The number of halogens is 1. The molecule has 0 aromatic heterocycles. The van der Waals surface area contributed by atoms with Crippen LogP contribution in [-0.2, 0) is 6.42 Å². The Balaban J connectivity index is 2.82. The second-order valence-corrected chi connectivity index (χ2v) is 4.79. The maximum Gasteiger partial charge on any atom is 0.0459 e. The Labute approximate surface area is 103 Å². The van der Waals surface area contributed by atoms with Crippen molar-refractivity contribution in [2.75, 3.05) is 18.5 Å². The third-order valence-corrected chi connectivity index (χ3v) is 2.93. The molecule has 1 aromatic carbocycles. The number of benzene rings is 1. The van der Waals surface area contributed by atoms with Gasteiger partial charge in [0, 0.05) is 30.3 Å². The fraction of sp³-hybridized carbons (Fsp3) is 0.538. The molecule has 16 heavy (non-hydrogen) atoms. The molecule has 0 fully saturated rings. The van der Waals surface area contributed by atoms with E-state index in [0.717, 1.165) is 30.0 Å². The van der Waals surface area contributed by atoms with Gasteiger partial charge in [-0.1, -0.05) is 24.6 Å². The van der Waals surface area contributed by atoms with Crippen molar-refractivity contribution in [2.45, 2.75) is 32.7 Å². The van der Waals surface area contributed by atoms with Crippen molar-refractivity contribution in [3.8, 4) is 0 Å². The van der Waals surface area contributed by atoms with Gasteiger partial charge in [0.2, 0.25) is 0 Å². The number of nitrogens with two attached hydrogens (primary N) is 1. The van der Waals surface area contributed by atoms with Gasteiger partial charge in [0.25, 0.3) is 0 Å². The van der Waals surface area contributed by atoms with Crippen molar-refractivity contribution in [1.82, 2.24) is 0 Å². The van der Waals surface area contributed by atoms with Gasteiger partial charge in [-0.3, -0.25) is 0 Å². The van der Waals surface area contributed by atoms with Crippen LogP contribution in [0.15, 0.2) is 18.2 Å². The Bertz CT molecular complexity index is 337. The first-order valence-corrected chi connectivity index (χ1v) is 6.17. The highest BCUT2D eigenvalue weighted by Crippen LogP contribution is 2.24. The summed E-state index contributed by atoms with van der Waals surface area (Å²) in [6.45, 7) is 5.21. The van der Waals surface area contributed by atoms with Crippen LogP contribution >= 0.6 is 11.6 Å². The van der Waals surface area contributed by atoms with Crippen LogP contribution in [0, 0.1) is 0 Å². The molecule has 3 heteroatoms. The molecule has 0 heterocycles. The van der Waals surface area contributed by atoms with E-state index in [1.807, 2.05) is 13.0 Å². The monoisotopic (exact) mass is 240 g/mol. The van der Waals surface area contributed by atoms with Crippen LogP contribution < -0.4 is 10.6 Å². The molecule has 0 saturated carbocycles. The molecule has 90 valence electrons. The molecule has 0 aliphatic heterocycles. The summed E-state index contributed by atoms with van der Waals surface area (Å²) in [6.07, 6.45) is 1.96. The molecule has 0 amide bonds. The van der Waals surface area contributed by atoms with E-state index in [1.54, 1.807) is 0 Å². The van der Waals surface area contributed by atoms with Crippen LogP contribution in [-0.4, -0.2) is 19.6 Å². The molecule has 0 radical (unpaired) electrons. The highest BCUT2D eigenvalue weighted by Gasteiger charge is 2.06. The highest BCUT2D eigenvalue weighted by molar-refractivity contribution is 6.31. The first-order valence-electron chi connectivity index (χ1n) is 5.79. The maximum atomic E-state index is 6.24. The molecule has 0 aliphatic carbocycles. The summed E-state index contributed by atoms with van der Waals surface area (Å²) >= 11 is 6.24. The largest absolute Gasteiger partial charge is 0.375 e. The summed E-state index contributed by atoms with van der Waals surface area (Å²) < 4.78 is 0. The number of anilines is 1. The normalized spacial score (nSPS) is 12.6. The van der Waals surface area contributed by atoms with Crippen LogP contribution in [0.2, 0.25) is 5.02 Å². The molecular formula is C13H21ClN2. The van der Waals surface area contributed by atoms with Crippen molar-refractivity contribution >= 4 is 17.3 Å². The molecule has 1 unspecified atom stereocenters. The van der Waals surface area contributed by atoms with Crippen LogP contribution in [0.3, 0.4) is 0 Å². The number of hydrogen-bond donors (Lipinski definition) is 1. The van der Waals surface area contributed by atoms with E-state index >= 15 is 0 Å². The summed E-state index contributed by atoms with van der Waals surface area (Å²) in [4.78, 5) is 2.21. The van der Waals surface area contributed by atoms with Gasteiger partial charge >= 0.3 is 0 Å². The Hall–Kier alpha value is -0.730. The minimum absolute atomic E-state index is 0.150. The van der Waals surface area contributed by atoms with Crippen LogP contribution in [0.1, 0.15) is 25.8 Å². The number of nitrogens with zero attached hydrogens (tertiary/aromatic N) is 1. The third kappa shape index (κ3) is 3.69. The molecule has 0 saturated heterocycles. The van der Waals surface area contributed by atoms with Crippen LogP contribution in [0.25, 0.3) is 0 Å². The minimum atomic E-state index is 0.150. The van der Waals surface area contributed by atoms with Crippen molar-refractivity contribution in [3.63, 3.8) is 0 Å². The summed E-state index contributed by atoms with van der Waals surface area (Å²) in [5.41, 5.74) is 8.07. The van der Waals surface area contributed by atoms with Gasteiger partial charge in [-0.25, -0.2) is 0 Å². The maximum absolute atomic E-state index is 6.24. The predicted molar refractivity (Wildman–Crippen MR) is 72.4 cm³/mol. The zero-order valence-corrected chi connectivity index (χ0v) is 11.1. The molecule has 1 atom stereocenters. The zero-order valence-electron chi connectivity index (χ0n) is 10.3. The molecule has 0 bridgehead atoms. The minimum Gasteiger partial charge on any atom is -0.375 e. The van der Waals surface area contributed by atoms with Crippen molar-refractivity contribution in [1.29, 1.82) is 0 Å². The molecule has 2 N–H and O–H groups in total. The fourth-order valence-corrected chi connectivity index (χ4v) is 2.00. The SMILES string of the molecule is CCCN(C)c1ccc(CC(C)N)c(Cl)c1. The first-order chi connectivity index (χ1) is 7.54. The van der Waals surface area contributed by atoms with Crippen LogP contribution in [0.5, 0.6) is 0 Å². The van der Waals surface area contributed by atoms with E-state index in [1.165, 1.54) is 5.69 Å². The van der Waals surface area contributed by atoms with Crippen molar-refractivity contribution in [3.05, 3.63) is 28.8 Å². The lowest BCUT2D eigenvalue weighted by atomic mass is 10.1. The van der Waals surface area contributed by atoms with Crippen LogP contribution in [0.4, 0.5) is 5.69 Å². The molecule has 2 nitrogen and oxygen atoms in total. The number of hydrogen-bond acceptors (Lipinski definition) is 2. The first kappa shape index (κ1) is 13.3. The topological polar surface area (TPSA) is 29.3 Å². The van der Waals surface area contributed by atoms with Gasteiger partial charge < -0.3 is 10.6 Å². The summed E-state index contributed by atoms with van der Waals surface area (Å²) in [6, 6.07) is 6.36.